The van der Waals surface area contributed by atoms with Gasteiger partial charge in [-0.1, -0.05) is 44.1 Å². The van der Waals surface area contributed by atoms with Crippen LogP contribution in [-0.4, -0.2) is 12.6 Å². The molecule has 0 bridgehead atoms. The van der Waals surface area contributed by atoms with Crippen molar-refractivity contribution in [1.29, 1.82) is 0 Å². The smallest absolute Gasteiger partial charge is 0.302 e. The molecule has 0 N–H and O–H groups in total. The summed E-state index contributed by atoms with van der Waals surface area (Å²) >= 11 is 0. The Kier molecular flexibility index (Phi) is 13.2. The standard InChI is InChI=1S/C16H28O2/c1-3-4-5-6-7-8-9-10-11-12-13-14-15-18-16(2)17/h7-10H,3-6,11-15H2,1-2H3/b8-7+,10-9+. The van der Waals surface area contributed by atoms with Crippen molar-refractivity contribution in [3.8, 4) is 0 Å². The Morgan fingerprint density at radius 3 is 2.11 bits per heavy atom. The first kappa shape index (κ1) is 16.9. The van der Waals surface area contributed by atoms with E-state index < -0.39 is 0 Å². The van der Waals surface area contributed by atoms with Gasteiger partial charge in [-0.15, -0.1) is 0 Å². The minimum atomic E-state index is -0.178. The van der Waals surface area contributed by atoms with Gasteiger partial charge in [0, 0.05) is 6.92 Å². The van der Waals surface area contributed by atoms with Crippen LogP contribution in [0.15, 0.2) is 24.3 Å². The van der Waals surface area contributed by atoms with Gasteiger partial charge in [-0.25, -0.2) is 0 Å². The van der Waals surface area contributed by atoms with Crippen molar-refractivity contribution in [1.82, 2.24) is 0 Å². The summed E-state index contributed by atoms with van der Waals surface area (Å²) < 4.78 is 4.87. The zero-order valence-electron chi connectivity index (χ0n) is 12.0. The van der Waals surface area contributed by atoms with Crippen molar-refractivity contribution in [3.05, 3.63) is 24.3 Å². The lowest BCUT2D eigenvalue weighted by atomic mass is 10.2. The summed E-state index contributed by atoms with van der Waals surface area (Å²) in [6, 6.07) is 0. The number of carbonyl (C=O) groups is 1. The molecule has 0 heterocycles. The molecular formula is C16H28O2. The number of hydrogen-bond donors (Lipinski definition) is 0. The monoisotopic (exact) mass is 252 g/mol. The third-order valence-electron chi connectivity index (χ3n) is 2.68. The van der Waals surface area contributed by atoms with Gasteiger partial charge in [0.25, 0.3) is 0 Å². The first-order chi connectivity index (χ1) is 8.77. The van der Waals surface area contributed by atoms with Gasteiger partial charge in [-0.2, -0.15) is 0 Å². The van der Waals surface area contributed by atoms with Gasteiger partial charge in [0.05, 0.1) is 6.61 Å². The molecule has 0 aliphatic heterocycles. The number of esters is 1. The maximum absolute atomic E-state index is 10.5. The first-order valence-electron chi connectivity index (χ1n) is 7.22. The van der Waals surface area contributed by atoms with Gasteiger partial charge in [-0.05, 0) is 38.5 Å². The van der Waals surface area contributed by atoms with E-state index in [1.165, 1.54) is 39.0 Å². The van der Waals surface area contributed by atoms with Crippen LogP contribution in [0.3, 0.4) is 0 Å². The zero-order valence-corrected chi connectivity index (χ0v) is 12.0. The molecule has 2 heteroatoms. The fraction of sp³-hybridized carbons (Fsp3) is 0.688. The second-order valence-electron chi connectivity index (χ2n) is 4.54. The molecule has 0 spiro atoms. The number of rotatable bonds is 11. The Morgan fingerprint density at radius 2 is 1.56 bits per heavy atom. The van der Waals surface area contributed by atoms with Gasteiger partial charge in [0.1, 0.15) is 0 Å². The minimum absolute atomic E-state index is 0.178. The van der Waals surface area contributed by atoms with Crippen LogP contribution in [0.5, 0.6) is 0 Å². The van der Waals surface area contributed by atoms with E-state index in [0.29, 0.717) is 6.61 Å². The highest BCUT2D eigenvalue weighted by molar-refractivity contribution is 5.65. The van der Waals surface area contributed by atoms with Crippen LogP contribution in [0.2, 0.25) is 0 Å². The molecule has 0 aliphatic carbocycles. The Morgan fingerprint density at radius 1 is 0.944 bits per heavy atom. The third kappa shape index (κ3) is 14.9. The fourth-order valence-corrected chi connectivity index (χ4v) is 1.62. The topological polar surface area (TPSA) is 26.3 Å². The van der Waals surface area contributed by atoms with Crippen LogP contribution >= 0.6 is 0 Å². The molecule has 0 saturated carbocycles. The van der Waals surface area contributed by atoms with Crippen molar-refractivity contribution in [2.24, 2.45) is 0 Å². The highest BCUT2D eigenvalue weighted by Gasteiger charge is 1.91. The molecule has 2 nitrogen and oxygen atoms in total. The highest BCUT2D eigenvalue weighted by atomic mass is 16.5. The van der Waals surface area contributed by atoms with Crippen LogP contribution in [0.1, 0.15) is 65.2 Å². The van der Waals surface area contributed by atoms with Crippen LogP contribution < -0.4 is 0 Å². The van der Waals surface area contributed by atoms with E-state index in [0.717, 1.165) is 19.3 Å². The molecule has 0 unspecified atom stereocenters. The second kappa shape index (κ2) is 14.0. The lowest BCUT2D eigenvalue weighted by molar-refractivity contribution is -0.141. The van der Waals surface area contributed by atoms with E-state index in [4.69, 9.17) is 4.74 Å². The predicted octanol–water partition coefficient (Wildman–Crippen LogP) is 4.80. The average Bonchev–Trinajstić information content (AvgIpc) is 2.34. The maximum Gasteiger partial charge on any atom is 0.302 e. The quantitative estimate of drug-likeness (QED) is 0.300. The fourth-order valence-electron chi connectivity index (χ4n) is 1.62. The second-order valence-corrected chi connectivity index (χ2v) is 4.54. The Balaban J connectivity index is 3.20. The van der Waals surface area contributed by atoms with Crippen LogP contribution in [0.25, 0.3) is 0 Å². The van der Waals surface area contributed by atoms with E-state index >= 15 is 0 Å². The summed E-state index contributed by atoms with van der Waals surface area (Å²) in [5.74, 6) is -0.178. The molecule has 0 radical (unpaired) electrons. The van der Waals surface area contributed by atoms with E-state index in [1.807, 2.05) is 0 Å². The van der Waals surface area contributed by atoms with Gasteiger partial charge >= 0.3 is 5.97 Å². The zero-order chi connectivity index (χ0) is 13.5. The normalized spacial score (nSPS) is 11.4. The lowest BCUT2D eigenvalue weighted by Crippen LogP contribution is -1.99. The molecule has 0 aliphatic rings. The number of ether oxygens (including phenoxy) is 1. The van der Waals surface area contributed by atoms with Crippen LogP contribution in [0.4, 0.5) is 0 Å². The van der Waals surface area contributed by atoms with Gasteiger partial charge in [-0.3, -0.25) is 4.79 Å². The van der Waals surface area contributed by atoms with Crippen molar-refractivity contribution < 1.29 is 9.53 Å². The van der Waals surface area contributed by atoms with Gasteiger partial charge in [0.15, 0.2) is 0 Å². The van der Waals surface area contributed by atoms with E-state index in [9.17, 15) is 4.79 Å². The summed E-state index contributed by atoms with van der Waals surface area (Å²) in [5, 5.41) is 0. The molecule has 0 aromatic carbocycles. The van der Waals surface area contributed by atoms with Crippen LogP contribution in [-0.2, 0) is 9.53 Å². The summed E-state index contributed by atoms with van der Waals surface area (Å²) in [6.45, 7) is 4.25. The van der Waals surface area contributed by atoms with Gasteiger partial charge < -0.3 is 4.74 Å². The molecule has 0 aromatic heterocycles. The molecule has 0 saturated heterocycles. The molecule has 0 amide bonds. The molecule has 0 aromatic rings. The third-order valence-corrected chi connectivity index (χ3v) is 2.68. The number of hydrogen-bond acceptors (Lipinski definition) is 2. The van der Waals surface area contributed by atoms with Crippen molar-refractivity contribution in [3.63, 3.8) is 0 Å². The Bertz CT molecular complexity index is 241. The summed E-state index contributed by atoms with van der Waals surface area (Å²) in [4.78, 5) is 10.5. The number of carbonyl (C=O) groups excluding carboxylic acids is 1. The largest absolute Gasteiger partial charge is 0.466 e. The lowest BCUT2D eigenvalue weighted by Gasteiger charge is -1.99. The maximum atomic E-state index is 10.5. The molecule has 0 rings (SSSR count). The van der Waals surface area contributed by atoms with Gasteiger partial charge in [0.2, 0.25) is 0 Å². The van der Waals surface area contributed by atoms with E-state index in [2.05, 4.69) is 31.2 Å². The summed E-state index contributed by atoms with van der Waals surface area (Å²) in [6.07, 6.45) is 18.2. The average molecular weight is 252 g/mol. The molecule has 18 heavy (non-hydrogen) atoms. The summed E-state index contributed by atoms with van der Waals surface area (Å²) in [5.41, 5.74) is 0. The minimum Gasteiger partial charge on any atom is -0.466 e. The molecular weight excluding hydrogens is 224 g/mol. The van der Waals surface area contributed by atoms with Crippen molar-refractivity contribution in [2.75, 3.05) is 6.61 Å². The van der Waals surface area contributed by atoms with Crippen molar-refractivity contribution in [2.45, 2.75) is 65.2 Å². The Hall–Kier alpha value is -1.05. The predicted molar refractivity (Wildman–Crippen MR) is 77.5 cm³/mol. The SMILES string of the molecule is CCCCC/C=C/C=C/CCCCCOC(C)=O. The number of allylic oxidation sites excluding steroid dienone is 4. The Labute approximate surface area is 112 Å². The van der Waals surface area contributed by atoms with E-state index in [1.54, 1.807) is 0 Å². The van der Waals surface area contributed by atoms with Crippen LogP contribution in [0, 0.1) is 0 Å². The summed E-state index contributed by atoms with van der Waals surface area (Å²) in [7, 11) is 0. The molecule has 0 fully saturated rings. The molecule has 0 atom stereocenters. The first-order valence-corrected chi connectivity index (χ1v) is 7.22. The molecule has 104 valence electrons. The number of unbranched alkanes of at least 4 members (excludes halogenated alkanes) is 6. The highest BCUT2D eigenvalue weighted by Crippen LogP contribution is 2.02. The van der Waals surface area contributed by atoms with Crippen molar-refractivity contribution >= 4 is 5.97 Å². The van der Waals surface area contributed by atoms with E-state index in [-0.39, 0.29) is 5.97 Å².